The summed E-state index contributed by atoms with van der Waals surface area (Å²) in [7, 11) is 1.45. The minimum atomic E-state index is -0.324. The van der Waals surface area contributed by atoms with E-state index in [1.54, 1.807) is 18.2 Å². The molecule has 120 valence electrons. The average Bonchev–Trinajstić information content (AvgIpc) is 2.54. The molecule has 0 bridgehead atoms. The minimum Gasteiger partial charge on any atom is -0.493 e. The van der Waals surface area contributed by atoms with Gasteiger partial charge in [-0.2, -0.15) is 0 Å². The summed E-state index contributed by atoms with van der Waals surface area (Å²) in [5.41, 5.74) is 1.21. The van der Waals surface area contributed by atoms with E-state index in [2.05, 4.69) is 10.5 Å². The summed E-state index contributed by atoms with van der Waals surface area (Å²) >= 11 is 6.11. The molecule has 0 saturated carbocycles. The Hall–Kier alpha value is -2.73. The topological polar surface area (TPSA) is 80.2 Å². The maximum absolute atomic E-state index is 11.9. The first-order valence-electron chi connectivity index (χ1n) is 6.66. The predicted molar refractivity (Wildman–Crippen MR) is 88.0 cm³/mol. The molecule has 2 rings (SSSR count). The SMILES string of the molecule is COc1cc(/C=N\O)cc(Cl)c1OCC(=O)Nc1ccccc1. The van der Waals surface area contributed by atoms with Crippen LogP contribution in [0.25, 0.3) is 0 Å². The molecule has 0 atom stereocenters. The summed E-state index contributed by atoms with van der Waals surface area (Å²) in [5, 5.41) is 14.4. The Morgan fingerprint density at radius 3 is 2.74 bits per heavy atom. The molecule has 0 aliphatic carbocycles. The lowest BCUT2D eigenvalue weighted by molar-refractivity contribution is -0.118. The Morgan fingerprint density at radius 1 is 1.35 bits per heavy atom. The van der Waals surface area contributed by atoms with Crippen molar-refractivity contribution >= 4 is 29.4 Å². The quantitative estimate of drug-likeness (QED) is 0.483. The number of rotatable bonds is 6. The lowest BCUT2D eigenvalue weighted by Gasteiger charge is -2.13. The zero-order valence-corrected chi connectivity index (χ0v) is 13.1. The number of nitrogens with one attached hydrogen (secondary N) is 1. The number of carbonyl (C=O) groups is 1. The largest absolute Gasteiger partial charge is 0.493 e. The molecule has 0 heterocycles. The zero-order chi connectivity index (χ0) is 16.7. The maximum Gasteiger partial charge on any atom is 0.262 e. The van der Waals surface area contributed by atoms with Gasteiger partial charge in [0.25, 0.3) is 5.91 Å². The highest BCUT2D eigenvalue weighted by Crippen LogP contribution is 2.36. The molecule has 7 heteroatoms. The van der Waals surface area contributed by atoms with Crippen molar-refractivity contribution in [3.05, 3.63) is 53.1 Å². The first-order chi connectivity index (χ1) is 11.1. The van der Waals surface area contributed by atoms with E-state index in [1.165, 1.54) is 19.4 Å². The van der Waals surface area contributed by atoms with Gasteiger partial charge in [0, 0.05) is 11.3 Å². The number of para-hydroxylation sites is 1. The van der Waals surface area contributed by atoms with Gasteiger partial charge in [0.05, 0.1) is 18.3 Å². The zero-order valence-electron chi connectivity index (χ0n) is 12.3. The molecule has 1 amide bonds. The van der Waals surface area contributed by atoms with Crippen molar-refractivity contribution in [3.63, 3.8) is 0 Å². The molecule has 0 aliphatic rings. The van der Waals surface area contributed by atoms with Crippen molar-refractivity contribution in [2.45, 2.75) is 0 Å². The molecule has 2 aromatic rings. The van der Waals surface area contributed by atoms with Crippen LogP contribution < -0.4 is 14.8 Å². The van der Waals surface area contributed by atoms with Crippen molar-refractivity contribution in [2.75, 3.05) is 19.0 Å². The molecule has 0 radical (unpaired) electrons. The number of nitrogens with zero attached hydrogens (tertiary/aromatic N) is 1. The Kier molecular flexibility index (Phi) is 5.82. The number of oxime groups is 1. The summed E-state index contributed by atoms with van der Waals surface area (Å²) in [6, 6.07) is 12.1. The van der Waals surface area contributed by atoms with Crippen molar-refractivity contribution in [3.8, 4) is 11.5 Å². The molecule has 2 aromatic carbocycles. The van der Waals surface area contributed by atoms with Gasteiger partial charge in [-0.25, -0.2) is 0 Å². The van der Waals surface area contributed by atoms with E-state index in [4.69, 9.17) is 26.3 Å². The number of methoxy groups -OCH3 is 1. The van der Waals surface area contributed by atoms with Gasteiger partial charge in [0.2, 0.25) is 0 Å². The molecule has 0 aliphatic heterocycles. The minimum absolute atomic E-state index is 0.224. The van der Waals surface area contributed by atoms with Gasteiger partial charge >= 0.3 is 0 Å². The third-order valence-electron chi connectivity index (χ3n) is 2.86. The van der Waals surface area contributed by atoms with Crippen LogP contribution in [0.15, 0.2) is 47.6 Å². The number of amides is 1. The first-order valence-corrected chi connectivity index (χ1v) is 7.04. The third-order valence-corrected chi connectivity index (χ3v) is 3.14. The smallest absolute Gasteiger partial charge is 0.262 e. The summed E-state index contributed by atoms with van der Waals surface area (Å²) in [5.74, 6) is 0.252. The lowest BCUT2D eigenvalue weighted by Crippen LogP contribution is -2.20. The summed E-state index contributed by atoms with van der Waals surface area (Å²) < 4.78 is 10.6. The average molecular weight is 335 g/mol. The molecule has 2 N–H and O–H groups in total. The van der Waals surface area contributed by atoms with Gasteiger partial charge in [-0.1, -0.05) is 35.0 Å². The molecule has 23 heavy (non-hydrogen) atoms. The number of benzene rings is 2. The Balaban J connectivity index is 2.06. The van der Waals surface area contributed by atoms with Crippen LogP contribution in [-0.2, 0) is 4.79 Å². The van der Waals surface area contributed by atoms with Crippen LogP contribution >= 0.6 is 11.6 Å². The molecule has 0 saturated heterocycles. The van der Waals surface area contributed by atoms with Crippen LogP contribution in [-0.4, -0.2) is 31.0 Å². The maximum atomic E-state index is 11.9. The van der Waals surface area contributed by atoms with E-state index in [0.717, 1.165) is 0 Å². The van der Waals surface area contributed by atoms with E-state index < -0.39 is 0 Å². The third kappa shape index (κ3) is 4.62. The normalized spacial score (nSPS) is 10.5. The predicted octanol–water partition coefficient (Wildman–Crippen LogP) is 3.17. The van der Waals surface area contributed by atoms with Gasteiger partial charge < -0.3 is 20.0 Å². The molecule has 0 unspecified atom stereocenters. The molecule has 0 spiro atoms. The van der Waals surface area contributed by atoms with E-state index in [0.29, 0.717) is 17.0 Å². The van der Waals surface area contributed by atoms with Gasteiger partial charge in [0.1, 0.15) is 0 Å². The second-order valence-corrected chi connectivity index (χ2v) is 4.89. The van der Waals surface area contributed by atoms with E-state index in [-0.39, 0.29) is 23.3 Å². The summed E-state index contributed by atoms with van der Waals surface area (Å²) in [6.45, 7) is -0.224. The standard InChI is InChI=1S/C16H15ClN2O4/c1-22-14-8-11(9-18-21)7-13(17)16(14)23-10-15(20)19-12-5-3-2-4-6-12/h2-9,21H,10H2,1H3,(H,19,20)/b18-9-. The van der Waals surface area contributed by atoms with E-state index in [9.17, 15) is 4.79 Å². The van der Waals surface area contributed by atoms with Crippen LogP contribution in [0.4, 0.5) is 5.69 Å². The molecular formula is C16H15ClN2O4. The Morgan fingerprint density at radius 2 is 2.09 bits per heavy atom. The van der Waals surface area contributed by atoms with Crippen LogP contribution in [0.2, 0.25) is 5.02 Å². The number of halogens is 1. The van der Waals surface area contributed by atoms with E-state index in [1.807, 2.05) is 18.2 Å². The van der Waals surface area contributed by atoms with Crippen LogP contribution in [0.1, 0.15) is 5.56 Å². The fourth-order valence-electron chi connectivity index (χ4n) is 1.88. The van der Waals surface area contributed by atoms with Gasteiger partial charge in [-0.15, -0.1) is 0 Å². The lowest BCUT2D eigenvalue weighted by atomic mass is 10.2. The molecule has 6 nitrogen and oxygen atoms in total. The van der Waals surface area contributed by atoms with Gasteiger partial charge in [-0.05, 0) is 24.3 Å². The van der Waals surface area contributed by atoms with Crippen LogP contribution in [0.3, 0.4) is 0 Å². The number of hydrogen-bond donors (Lipinski definition) is 2. The van der Waals surface area contributed by atoms with Crippen molar-refractivity contribution < 1.29 is 19.5 Å². The van der Waals surface area contributed by atoms with Gasteiger partial charge in [-0.3, -0.25) is 4.79 Å². The summed E-state index contributed by atoms with van der Waals surface area (Å²) in [4.78, 5) is 11.9. The summed E-state index contributed by atoms with van der Waals surface area (Å²) in [6.07, 6.45) is 1.21. The highest BCUT2D eigenvalue weighted by molar-refractivity contribution is 6.32. The second-order valence-electron chi connectivity index (χ2n) is 4.48. The highest BCUT2D eigenvalue weighted by atomic mass is 35.5. The van der Waals surface area contributed by atoms with Crippen LogP contribution in [0.5, 0.6) is 11.5 Å². The van der Waals surface area contributed by atoms with Crippen molar-refractivity contribution in [1.82, 2.24) is 0 Å². The second kappa shape index (κ2) is 8.05. The molecular weight excluding hydrogens is 320 g/mol. The molecule has 0 fully saturated rings. The fraction of sp³-hybridized carbons (Fsp3) is 0.125. The van der Waals surface area contributed by atoms with E-state index >= 15 is 0 Å². The first kappa shape index (κ1) is 16.6. The van der Waals surface area contributed by atoms with Gasteiger partial charge in [0.15, 0.2) is 18.1 Å². The van der Waals surface area contributed by atoms with Crippen molar-refractivity contribution in [1.29, 1.82) is 0 Å². The molecule has 0 aromatic heterocycles. The van der Waals surface area contributed by atoms with Crippen molar-refractivity contribution in [2.24, 2.45) is 5.16 Å². The Labute approximate surface area is 138 Å². The monoisotopic (exact) mass is 334 g/mol. The number of anilines is 1. The fourth-order valence-corrected chi connectivity index (χ4v) is 2.15. The van der Waals surface area contributed by atoms with Crippen LogP contribution in [0, 0.1) is 0 Å². The number of carbonyl (C=O) groups excluding carboxylic acids is 1. The Bertz CT molecular complexity index is 705. The number of hydrogen-bond acceptors (Lipinski definition) is 5. The highest BCUT2D eigenvalue weighted by Gasteiger charge is 2.13. The number of ether oxygens (including phenoxy) is 2.